The number of ketones is 1. The highest BCUT2D eigenvalue weighted by Gasteiger charge is 2.20. The van der Waals surface area contributed by atoms with Crippen molar-refractivity contribution in [1.82, 2.24) is 4.57 Å². The van der Waals surface area contributed by atoms with Crippen molar-refractivity contribution in [2.24, 2.45) is 0 Å². The molecule has 0 amide bonds. The lowest BCUT2D eigenvalue weighted by molar-refractivity contribution is 0.101. The maximum absolute atomic E-state index is 11.7. The number of benzene rings is 1. The molecule has 0 atom stereocenters. The van der Waals surface area contributed by atoms with Crippen molar-refractivity contribution < 1.29 is 4.79 Å². The molecule has 1 aromatic carbocycles. The highest BCUT2D eigenvalue weighted by atomic mass is 16.1. The number of para-hydroxylation sites is 1. The molecule has 0 unspecified atom stereocenters. The Bertz CT molecular complexity index is 561. The molecule has 1 aliphatic rings. The number of nitrogens with zero attached hydrogens (tertiary/aromatic N) is 1. The second-order valence-electron chi connectivity index (χ2n) is 4.96. The highest BCUT2D eigenvalue weighted by molar-refractivity contribution is 6.06. The first-order valence-corrected chi connectivity index (χ1v) is 6.38. The fourth-order valence-corrected chi connectivity index (χ4v) is 2.99. The first-order valence-electron chi connectivity index (χ1n) is 6.38. The fraction of sp³-hybridized carbons (Fsp3) is 0.400. The number of aromatic nitrogens is 1. The van der Waals surface area contributed by atoms with Crippen molar-refractivity contribution >= 4 is 16.7 Å². The summed E-state index contributed by atoms with van der Waals surface area (Å²) in [6, 6.07) is 8.72. The number of hydrogen-bond acceptors (Lipinski definition) is 1. The lowest BCUT2D eigenvalue weighted by atomic mass is 10.1. The third-order valence-corrected chi connectivity index (χ3v) is 3.84. The van der Waals surface area contributed by atoms with Crippen LogP contribution >= 0.6 is 0 Å². The van der Waals surface area contributed by atoms with E-state index in [-0.39, 0.29) is 5.78 Å². The van der Waals surface area contributed by atoms with Crippen LogP contribution in [0.4, 0.5) is 0 Å². The minimum Gasteiger partial charge on any atom is -0.344 e. The molecule has 88 valence electrons. The molecule has 2 nitrogen and oxygen atoms in total. The number of carbonyl (C=O) groups is 1. The predicted octanol–water partition coefficient (Wildman–Crippen LogP) is 3.96. The van der Waals surface area contributed by atoms with Gasteiger partial charge >= 0.3 is 0 Å². The van der Waals surface area contributed by atoms with Crippen molar-refractivity contribution in [2.75, 3.05) is 0 Å². The van der Waals surface area contributed by atoms with Gasteiger partial charge in [-0.05, 0) is 31.9 Å². The van der Waals surface area contributed by atoms with Gasteiger partial charge in [0.2, 0.25) is 0 Å². The molecule has 17 heavy (non-hydrogen) atoms. The predicted molar refractivity (Wildman–Crippen MR) is 69.4 cm³/mol. The molecule has 0 radical (unpaired) electrons. The summed E-state index contributed by atoms with van der Waals surface area (Å²) in [5.41, 5.74) is 1.99. The van der Waals surface area contributed by atoms with Gasteiger partial charge < -0.3 is 4.57 Å². The van der Waals surface area contributed by atoms with E-state index in [1.807, 2.05) is 12.1 Å². The van der Waals surface area contributed by atoms with Gasteiger partial charge in [-0.3, -0.25) is 4.79 Å². The van der Waals surface area contributed by atoms with Crippen LogP contribution in [-0.2, 0) is 0 Å². The maximum Gasteiger partial charge on any atom is 0.161 e. The highest BCUT2D eigenvalue weighted by Crippen LogP contribution is 2.33. The average molecular weight is 227 g/mol. The van der Waals surface area contributed by atoms with Crippen LogP contribution in [0.25, 0.3) is 10.9 Å². The molecule has 1 fully saturated rings. The summed E-state index contributed by atoms with van der Waals surface area (Å²) in [4.78, 5) is 11.7. The zero-order valence-electron chi connectivity index (χ0n) is 10.1. The van der Waals surface area contributed by atoms with Gasteiger partial charge in [0.15, 0.2) is 5.78 Å². The number of fused-ring (bicyclic) bond motifs is 1. The summed E-state index contributed by atoms with van der Waals surface area (Å²) in [6.45, 7) is 1.65. The molecule has 3 rings (SSSR count). The lowest BCUT2D eigenvalue weighted by Crippen LogP contribution is -2.06. The van der Waals surface area contributed by atoms with Crippen molar-refractivity contribution in [3.05, 3.63) is 36.0 Å². The summed E-state index contributed by atoms with van der Waals surface area (Å²) in [5, 5.41) is 1.18. The van der Waals surface area contributed by atoms with E-state index in [0.717, 1.165) is 11.1 Å². The summed E-state index contributed by atoms with van der Waals surface area (Å²) in [5.74, 6) is 0.161. The number of Topliss-reactive ketones (excluding diaryl/α,β-unsaturated/α-hetero) is 1. The second kappa shape index (κ2) is 4.02. The van der Waals surface area contributed by atoms with Crippen molar-refractivity contribution in [2.45, 2.75) is 38.6 Å². The molecule has 1 saturated carbocycles. The molecule has 0 N–H and O–H groups in total. The van der Waals surface area contributed by atoms with E-state index in [9.17, 15) is 4.79 Å². The van der Waals surface area contributed by atoms with Crippen molar-refractivity contribution in [3.63, 3.8) is 0 Å². The van der Waals surface area contributed by atoms with E-state index in [0.29, 0.717) is 6.04 Å². The van der Waals surface area contributed by atoms with Gasteiger partial charge in [-0.25, -0.2) is 0 Å². The Hall–Kier alpha value is -1.57. The zero-order chi connectivity index (χ0) is 11.8. The van der Waals surface area contributed by atoms with Crippen LogP contribution in [0.2, 0.25) is 0 Å². The molecule has 0 saturated heterocycles. The molecule has 1 aromatic heterocycles. The van der Waals surface area contributed by atoms with Crippen LogP contribution in [-0.4, -0.2) is 10.4 Å². The standard InChI is InChI=1S/C15H17NO/c1-11(17)14-8-4-5-12-9-10-16(15(12)14)13-6-2-3-7-13/h4-5,8-10,13H,2-3,6-7H2,1H3. The number of rotatable bonds is 2. The van der Waals surface area contributed by atoms with Crippen LogP contribution in [0.3, 0.4) is 0 Å². The quantitative estimate of drug-likeness (QED) is 0.712. The number of carbonyl (C=O) groups excluding carboxylic acids is 1. The van der Waals surface area contributed by atoms with Crippen LogP contribution < -0.4 is 0 Å². The molecule has 2 heteroatoms. The van der Waals surface area contributed by atoms with Crippen LogP contribution in [0, 0.1) is 0 Å². The van der Waals surface area contributed by atoms with E-state index in [1.54, 1.807) is 6.92 Å². The van der Waals surface area contributed by atoms with E-state index >= 15 is 0 Å². The van der Waals surface area contributed by atoms with Gasteiger partial charge in [-0.2, -0.15) is 0 Å². The third-order valence-electron chi connectivity index (χ3n) is 3.84. The van der Waals surface area contributed by atoms with Gasteiger partial charge in [-0.15, -0.1) is 0 Å². The molecule has 2 aromatic rings. The van der Waals surface area contributed by atoms with Gasteiger partial charge in [0.05, 0.1) is 5.52 Å². The maximum atomic E-state index is 11.7. The van der Waals surface area contributed by atoms with Crippen LogP contribution in [0.1, 0.15) is 49.0 Å². The molecule has 0 aliphatic heterocycles. The van der Waals surface area contributed by atoms with Gasteiger partial charge in [-0.1, -0.05) is 25.0 Å². The Kier molecular flexibility index (Phi) is 2.50. The Morgan fingerprint density at radius 1 is 1.24 bits per heavy atom. The second-order valence-corrected chi connectivity index (χ2v) is 4.96. The molecule has 1 heterocycles. The average Bonchev–Trinajstić information content (AvgIpc) is 2.96. The molecule has 0 spiro atoms. The summed E-state index contributed by atoms with van der Waals surface area (Å²) < 4.78 is 2.32. The lowest BCUT2D eigenvalue weighted by Gasteiger charge is -2.15. The van der Waals surface area contributed by atoms with Gasteiger partial charge in [0.25, 0.3) is 0 Å². The van der Waals surface area contributed by atoms with E-state index in [4.69, 9.17) is 0 Å². The largest absolute Gasteiger partial charge is 0.344 e. The molecule has 0 bridgehead atoms. The summed E-state index contributed by atoms with van der Waals surface area (Å²) >= 11 is 0. The minimum absolute atomic E-state index is 0.161. The summed E-state index contributed by atoms with van der Waals surface area (Å²) in [7, 11) is 0. The Morgan fingerprint density at radius 3 is 2.71 bits per heavy atom. The first kappa shape index (κ1) is 10.6. The monoisotopic (exact) mass is 227 g/mol. The Balaban J connectivity index is 2.21. The molecular formula is C15H17NO. The number of hydrogen-bond donors (Lipinski definition) is 0. The molecular weight excluding hydrogens is 210 g/mol. The third kappa shape index (κ3) is 1.68. The van der Waals surface area contributed by atoms with E-state index < -0.39 is 0 Å². The Labute approximate surface area is 101 Å². The van der Waals surface area contributed by atoms with Crippen LogP contribution in [0.15, 0.2) is 30.5 Å². The topological polar surface area (TPSA) is 22.0 Å². The van der Waals surface area contributed by atoms with E-state index in [1.165, 1.54) is 31.1 Å². The van der Waals surface area contributed by atoms with Crippen LogP contribution in [0.5, 0.6) is 0 Å². The van der Waals surface area contributed by atoms with Crippen molar-refractivity contribution in [1.29, 1.82) is 0 Å². The summed E-state index contributed by atoms with van der Waals surface area (Å²) in [6.07, 6.45) is 7.26. The SMILES string of the molecule is CC(=O)c1cccc2ccn(C3CCCC3)c12. The Morgan fingerprint density at radius 2 is 2.00 bits per heavy atom. The fourth-order valence-electron chi connectivity index (χ4n) is 2.99. The minimum atomic E-state index is 0.161. The van der Waals surface area contributed by atoms with Crippen molar-refractivity contribution in [3.8, 4) is 0 Å². The van der Waals surface area contributed by atoms with Gasteiger partial charge in [0, 0.05) is 23.2 Å². The van der Waals surface area contributed by atoms with E-state index in [2.05, 4.69) is 22.9 Å². The molecule has 1 aliphatic carbocycles. The first-order chi connectivity index (χ1) is 8.27. The van der Waals surface area contributed by atoms with Gasteiger partial charge in [0.1, 0.15) is 0 Å². The smallest absolute Gasteiger partial charge is 0.161 e. The zero-order valence-corrected chi connectivity index (χ0v) is 10.1. The normalized spacial score (nSPS) is 16.8.